The first-order valence-electron chi connectivity index (χ1n) is 15.1. The number of amides is 1. The van der Waals surface area contributed by atoms with Gasteiger partial charge in [-0.05, 0) is 80.6 Å². The van der Waals surface area contributed by atoms with E-state index in [1.807, 2.05) is 52.0 Å². The fraction of sp³-hybridized carbons (Fsp3) is 0.412. The van der Waals surface area contributed by atoms with Gasteiger partial charge in [-0.1, -0.05) is 32.0 Å². The second-order valence-corrected chi connectivity index (χ2v) is 12.4. The summed E-state index contributed by atoms with van der Waals surface area (Å²) in [7, 11) is 3.46. The van der Waals surface area contributed by atoms with Gasteiger partial charge in [0.2, 0.25) is 5.91 Å². The largest absolute Gasteiger partial charge is 0.481 e. The highest BCUT2D eigenvalue weighted by atomic mass is 19.4. The predicted octanol–water partition coefficient (Wildman–Crippen LogP) is 5.82. The Morgan fingerprint density at radius 1 is 1.09 bits per heavy atom. The molecule has 0 saturated carbocycles. The summed E-state index contributed by atoms with van der Waals surface area (Å²) in [5.41, 5.74) is 2.72. The quantitative estimate of drug-likeness (QED) is 0.202. The zero-order chi connectivity index (χ0) is 33.9. The van der Waals surface area contributed by atoms with Crippen LogP contribution >= 0.6 is 0 Å². The van der Waals surface area contributed by atoms with Crippen LogP contribution in [-0.2, 0) is 22.2 Å². The summed E-state index contributed by atoms with van der Waals surface area (Å²) in [6, 6.07) is 6.04. The summed E-state index contributed by atoms with van der Waals surface area (Å²) >= 11 is 0. The number of aryl methyl sites for hydroxylation is 2. The second kappa shape index (κ2) is 13.9. The number of hydrogen-bond donors (Lipinski definition) is 2. The van der Waals surface area contributed by atoms with E-state index in [-0.39, 0.29) is 24.3 Å². The number of likely N-dealkylation sites (N-methyl/N-ethyl adjacent to an activating group) is 1. The molecular formula is C34H40F3N5O4. The maximum Gasteiger partial charge on any atom is 0.416 e. The first-order valence-corrected chi connectivity index (χ1v) is 15.1. The van der Waals surface area contributed by atoms with E-state index in [1.54, 1.807) is 42.0 Å². The molecule has 4 rings (SSSR count). The molecule has 0 radical (unpaired) electrons. The van der Waals surface area contributed by atoms with Crippen molar-refractivity contribution in [2.75, 3.05) is 20.6 Å². The van der Waals surface area contributed by atoms with Crippen molar-refractivity contribution < 1.29 is 27.9 Å². The molecule has 0 fully saturated rings. The van der Waals surface area contributed by atoms with Crippen LogP contribution in [0.3, 0.4) is 0 Å². The Balaban J connectivity index is 1.81. The monoisotopic (exact) mass is 639 g/mol. The Labute approximate surface area is 265 Å². The van der Waals surface area contributed by atoms with Crippen molar-refractivity contribution in [3.8, 4) is 11.1 Å². The standard InChI is InChI=1S/C34H40F3N5O4/c1-20(2)14-28(42-19-23(10-12-40(5)6)26(16-29(42)43)34(35,36)37)33(46)39-27(17-30(44)45)24-15-25(32-38-11-13-41(32)18-24)31-21(3)8-7-9-22(31)4/h7-9,11,13,15-16,18-20,27-28H,10,12,14,17H2,1-6H3,(H,39,46)(H,44,45)/t27-,28-/m1/s1. The molecule has 0 aliphatic carbocycles. The van der Waals surface area contributed by atoms with Crippen LogP contribution < -0.4 is 10.9 Å². The van der Waals surface area contributed by atoms with Crippen LogP contribution in [0.5, 0.6) is 0 Å². The van der Waals surface area contributed by atoms with Crippen molar-refractivity contribution in [2.45, 2.75) is 65.2 Å². The van der Waals surface area contributed by atoms with Crippen LogP contribution in [0.2, 0.25) is 0 Å². The number of carboxylic acids is 1. The number of carbonyl (C=O) groups excluding carboxylic acids is 1. The molecular weight excluding hydrogens is 599 g/mol. The van der Waals surface area contributed by atoms with Crippen molar-refractivity contribution >= 4 is 17.5 Å². The van der Waals surface area contributed by atoms with Gasteiger partial charge in [0.05, 0.1) is 18.0 Å². The number of halogens is 3. The molecule has 0 bridgehead atoms. The van der Waals surface area contributed by atoms with Crippen molar-refractivity contribution in [3.05, 3.63) is 93.3 Å². The number of pyridine rings is 2. The molecule has 3 aromatic heterocycles. The Morgan fingerprint density at radius 3 is 2.35 bits per heavy atom. The van der Waals surface area contributed by atoms with Crippen molar-refractivity contribution in [3.63, 3.8) is 0 Å². The number of aliphatic carboxylic acids is 1. The summed E-state index contributed by atoms with van der Waals surface area (Å²) in [6.07, 6.45) is 1.12. The molecule has 4 aromatic rings. The van der Waals surface area contributed by atoms with E-state index < -0.39 is 47.7 Å². The molecule has 1 amide bonds. The lowest BCUT2D eigenvalue weighted by Gasteiger charge is -2.26. The number of nitrogens with zero attached hydrogens (tertiary/aromatic N) is 4. The van der Waals surface area contributed by atoms with Crippen molar-refractivity contribution in [1.82, 2.24) is 24.2 Å². The number of carboxylic acid groups (broad SMARTS) is 1. The first kappa shape index (κ1) is 34.4. The lowest BCUT2D eigenvalue weighted by Crippen LogP contribution is -2.40. The third-order valence-electron chi connectivity index (χ3n) is 7.99. The smallest absolute Gasteiger partial charge is 0.416 e. The number of nitrogens with one attached hydrogen (secondary N) is 1. The molecule has 0 spiro atoms. The fourth-order valence-electron chi connectivity index (χ4n) is 5.80. The Kier molecular flexibility index (Phi) is 10.4. The maximum absolute atomic E-state index is 14.0. The number of imidazole rings is 1. The molecule has 2 atom stereocenters. The van der Waals surface area contributed by atoms with Crippen LogP contribution in [-0.4, -0.2) is 56.5 Å². The van der Waals surface area contributed by atoms with E-state index in [4.69, 9.17) is 0 Å². The summed E-state index contributed by atoms with van der Waals surface area (Å²) < 4.78 is 44.6. The van der Waals surface area contributed by atoms with Gasteiger partial charge in [0.25, 0.3) is 5.56 Å². The molecule has 3 heterocycles. The molecule has 9 nitrogen and oxygen atoms in total. The van der Waals surface area contributed by atoms with E-state index in [9.17, 15) is 32.7 Å². The number of carbonyl (C=O) groups is 2. The number of rotatable bonds is 12. The summed E-state index contributed by atoms with van der Waals surface area (Å²) in [5.74, 6) is -1.95. The van der Waals surface area contributed by atoms with Crippen LogP contribution in [0.15, 0.2) is 59.9 Å². The van der Waals surface area contributed by atoms with Gasteiger partial charge < -0.3 is 24.3 Å². The first-order chi connectivity index (χ1) is 21.6. The highest BCUT2D eigenvalue weighted by Crippen LogP contribution is 2.34. The molecule has 0 aliphatic heterocycles. The number of alkyl halides is 3. The van der Waals surface area contributed by atoms with Gasteiger partial charge in [-0.3, -0.25) is 14.4 Å². The van der Waals surface area contributed by atoms with Crippen LogP contribution in [0.25, 0.3) is 16.8 Å². The second-order valence-electron chi connectivity index (χ2n) is 12.4. The molecule has 0 aliphatic rings. The molecule has 12 heteroatoms. The van der Waals surface area contributed by atoms with E-state index in [0.717, 1.165) is 33.0 Å². The summed E-state index contributed by atoms with van der Waals surface area (Å²) in [4.78, 5) is 45.5. The molecule has 0 saturated heterocycles. The Hall–Kier alpha value is -4.45. The molecule has 46 heavy (non-hydrogen) atoms. The minimum absolute atomic E-state index is 0.00575. The number of hydrogen-bond acceptors (Lipinski definition) is 5. The Bertz CT molecular complexity index is 1770. The summed E-state index contributed by atoms with van der Waals surface area (Å²) in [6.45, 7) is 7.90. The van der Waals surface area contributed by atoms with Crippen LogP contribution in [0.4, 0.5) is 13.2 Å². The van der Waals surface area contributed by atoms with Crippen molar-refractivity contribution in [2.24, 2.45) is 5.92 Å². The van der Waals surface area contributed by atoms with Crippen molar-refractivity contribution in [1.29, 1.82) is 0 Å². The third-order valence-corrected chi connectivity index (χ3v) is 7.99. The van der Waals surface area contributed by atoms with Gasteiger partial charge in [-0.15, -0.1) is 0 Å². The SMILES string of the molecule is Cc1cccc(C)c1-c1cc([C@@H](CC(=O)O)NC(=O)[C@@H](CC(C)C)n2cc(CCN(C)C)c(C(F)(F)F)cc2=O)cn2ccnc12. The molecule has 0 unspecified atom stereocenters. The van der Waals surface area contributed by atoms with Gasteiger partial charge in [-0.25, -0.2) is 4.98 Å². The lowest BCUT2D eigenvalue weighted by molar-refractivity contribution is -0.139. The minimum Gasteiger partial charge on any atom is -0.481 e. The lowest BCUT2D eigenvalue weighted by atomic mass is 9.93. The van der Waals surface area contributed by atoms with Gasteiger partial charge in [-0.2, -0.15) is 13.2 Å². The average Bonchev–Trinajstić information content (AvgIpc) is 3.43. The highest BCUT2D eigenvalue weighted by Gasteiger charge is 2.36. The minimum atomic E-state index is -4.75. The van der Waals surface area contributed by atoms with E-state index in [2.05, 4.69) is 10.3 Å². The van der Waals surface area contributed by atoms with Gasteiger partial charge >= 0.3 is 12.1 Å². The number of fused-ring (bicyclic) bond motifs is 1. The van der Waals surface area contributed by atoms with E-state index in [1.165, 1.54) is 0 Å². The molecule has 1 aromatic carbocycles. The Morgan fingerprint density at radius 2 is 1.76 bits per heavy atom. The fourth-order valence-corrected chi connectivity index (χ4v) is 5.80. The molecule has 246 valence electrons. The number of benzene rings is 1. The maximum atomic E-state index is 14.0. The van der Waals surface area contributed by atoms with E-state index in [0.29, 0.717) is 23.8 Å². The van der Waals surface area contributed by atoms with Gasteiger partial charge in [0.15, 0.2) is 0 Å². The van der Waals surface area contributed by atoms with Crippen LogP contribution in [0, 0.1) is 19.8 Å². The zero-order valence-corrected chi connectivity index (χ0v) is 26.9. The van der Waals surface area contributed by atoms with Crippen LogP contribution in [0.1, 0.15) is 66.6 Å². The van der Waals surface area contributed by atoms with E-state index >= 15 is 0 Å². The average molecular weight is 640 g/mol. The summed E-state index contributed by atoms with van der Waals surface area (Å²) in [5, 5.41) is 12.7. The normalized spacial score (nSPS) is 13.4. The predicted molar refractivity (Wildman–Crippen MR) is 170 cm³/mol. The molecule has 2 N–H and O–H groups in total. The van der Waals surface area contributed by atoms with Gasteiger partial charge in [0, 0.05) is 43.0 Å². The third kappa shape index (κ3) is 7.85. The highest BCUT2D eigenvalue weighted by molar-refractivity contribution is 5.84. The topological polar surface area (TPSA) is 109 Å². The van der Waals surface area contributed by atoms with Gasteiger partial charge in [0.1, 0.15) is 11.7 Å². The zero-order valence-electron chi connectivity index (χ0n) is 26.9. The number of aromatic nitrogens is 3.